The fraction of sp³-hybridized carbons (Fsp3) is 0.375. The third kappa shape index (κ3) is 4.66. The Morgan fingerprint density at radius 2 is 1.91 bits per heavy atom. The van der Waals surface area contributed by atoms with E-state index in [0.717, 1.165) is 25.9 Å². The number of nitriles is 1. The summed E-state index contributed by atoms with van der Waals surface area (Å²) in [6.07, 6.45) is 6.18. The van der Waals surface area contributed by atoms with Crippen LogP contribution in [0.15, 0.2) is 30.0 Å². The smallest absolute Gasteiger partial charge is 0.267 e. The van der Waals surface area contributed by atoms with Gasteiger partial charge in [0.05, 0.1) is 10.7 Å². The quantitative estimate of drug-likeness (QED) is 0.663. The minimum atomic E-state index is -0.476. The lowest BCUT2D eigenvalue weighted by Gasteiger charge is -2.17. The van der Waals surface area contributed by atoms with Gasteiger partial charge in [0.2, 0.25) is 0 Å². The van der Waals surface area contributed by atoms with Crippen molar-refractivity contribution in [1.29, 1.82) is 5.26 Å². The molecular formula is C16H17Cl2N3O. The molecule has 1 aromatic carbocycles. The Morgan fingerprint density at radius 3 is 2.55 bits per heavy atom. The summed E-state index contributed by atoms with van der Waals surface area (Å²) in [5.41, 5.74) is 0.467. The Balaban J connectivity index is 2.11. The van der Waals surface area contributed by atoms with Crippen LogP contribution in [0.3, 0.4) is 0 Å². The summed E-state index contributed by atoms with van der Waals surface area (Å²) in [5.74, 6) is -0.476. The molecule has 0 bridgehead atoms. The van der Waals surface area contributed by atoms with Gasteiger partial charge in [0.1, 0.15) is 11.6 Å². The molecule has 2 rings (SSSR count). The fourth-order valence-corrected chi connectivity index (χ4v) is 2.66. The van der Waals surface area contributed by atoms with Crippen LogP contribution in [0.25, 0.3) is 0 Å². The van der Waals surface area contributed by atoms with Crippen molar-refractivity contribution in [2.75, 3.05) is 18.4 Å². The Morgan fingerprint density at radius 1 is 1.23 bits per heavy atom. The van der Waals surface area contributed by atoms with E-state index in [-0.39, 0.29) is 5.57 Å². The first-order chi connectivity index (χ1) is 10.6. The van der Waals surface area contributed by atoms with Crippen molar-refractivity contribution in [2.24, 2.45) is 0 Å². The van der Waals surface area contributed by atoms with Crippen LogP contribution >= 0.6 is 23.2 Å². The average molecular weight is 338 g/mol. The molecule has 22 heavy (non-hydrogen) atoms. The Kier molecular flexibility index (Phi) is 6.11. The van der Waals surface area contributed by atoms with E-state index < -0.39 is 5.91 Å². The predicted molar refractivity (Wildman–Crippen MR) is 88.8 cm³/mol. The maximum atomic E-state index is 12.2. The summed E-state index contributed by atoms with van der Waals surface area (Å²) >= 11 is 11.9. The highest BCUT2D eigenvalue weighted by molar-refractivity contribution is 6.35. The van der Waals surface area contributed by atoms with Gasteiger partial charge in [0.25, 0.3) is 5.91 Å². The van der Waals surface area contributed by atoms with E-state index in [9.17, 15) is 10.1 Å². The van der Waals surface area contributed by atoms with Gasteiger partial charge < -0.3 is 10.2 Å². The second kappa shape index (κ2) is 8.07. The molecule has 1 saturated heterocycles. The number of anilines is 1. The highest BCUT2D eigenvalue weighted by Crippen LogP contribution is 2.25. The van der Waals surface area contributed by atoms with Gasteiger partial charge in [-0.1, -0.05) is 36.0 Å². The number of amides is 1. The largest absolute Gasteiger partial charge is 0.376 e. The van der Waals surface area contributed by atoms with Crippen LogP contribution in [-0.2, 0) is 4.79 Å². The molecule has 1 heterocycles. The lowest BCUT2D eigenvalue weighted by atomic mass is 10.2. The third-order valence-corrected chi connectivity index (χ3v) is 4.06. The van der Waals surface area contributed by atoms with Gasteiger partial charge in [-0.05, 0) is 31.0 Å². The minimum Gasteiger partial charge on any atom is -0.376 e. The lowest BCUT2D eigenvalue weighted by molar-refractivity contribution is -0.112. The monoisotopic (exact) mass is 337 g/mol. The number of benzene rings is 1. The standard InChI is InChI=1S/C16H17Cl2N3O/c17-13-5-6-14(18)15(9-13)20-16(22)12(10-19)11-21-7-3-1-2-4-8-21/h5-6,9,11H,1-4,7-8H2,(H,20,22)/b12-11-. The van der Waals surface area contributed by atoms with Crippen LogP contribution in [0.2, 0.25) is 10.0 Å². The van der Waals surface area contributed by atoms with Gasteiger partial charge in [-0.2, -0.15) is 5.26 Å². The first-order valence-corrected chi connectivity index (χ1v) is 7.98. The molecule has 1 fully saturated rings. The van der Waals surface area contributed by atoms with Gasteiger partial charge in [0.15, 0.2) is 0 Å². The van der Waals surface area contributed by atoms with E-state index in [1.807, 2.05) is 11.0 Å². The van der Waals surface area contributed by atoms with Crippen LogP contribution < -0.4 is 5.32 Å². The molecule has 0 spiro atoms. The van der Waals surface area contributed by atoms with Crippen molar-refractivity contribution >= 4 is 34.8 Å². The van der Waals surface area contributed by atoms with E-state index >= 15 is 0 Å². The predicted octanol–water partition coefficient (Wildman–Crippen LogP) is 4.22. The van der Waals surface area contributed by atoms with Crippen LogP contribution in [0.4, 0.5) is 5.69 Å². The van der Waals surface area contributed by atoms with Crippen LogP contribution in [0.1, 0.15) is 25.7 Å². The van der Waals surface area contributed by atoms with Crippen LogP contribution in [0.5, 0.6) is 0 Å². The van der Waals surface area contributed by atoms with Crippen LogP contribution in [-0.4, -0.2) is 23.9 Å². The number of likely N-dealkylation sites (tertiary alicyclic amines) is 1. The van der Waals surface area contributed by atoms with Crippen molar-refractivity contribution in [3.8, 4) is 6.07 Å². The van der Waals surface area contributed by atoms with E-state index in [1.165, 1.54) is 12.8 Å². The molecule has 1 N–H and O–H groups in total. The van der Waals surface area contributed by atoms with Gasteiger partial charge >= 0.3 is 0 Å². The number of nitrogens with one attached hydrogen (secondary N) is 1. The molecule has 1 amide bonds. The second-order valence-electron chi connectivity index (χ2n) is 5.18. The number of hydrogen-bond donors (Lipinski definition) is 1. The second-order valence-corrected chi connectivity index (χ2v) is 6.03. The first-order valence-electron chi connectivity index (χ1n) is 7.22. The summed E-state index contributed by atoms with van der Waals surface area (Å²) in [6, 6.07) is 6.75. The van der Waals surface area contributed by atoms with Crippen molar-refractivity contribution < 1.29 is 4.79 Å². The van der Waals surface area contributed by atoms with Crippen molar-refractivity contribution in [1.82, 2.24) is 4.90 Å². The number of carbonyl (C=O) groups excluding carboxylic acids is 1. The molecule has 6 heteroatoms. The van der Waals surface area contributed by atoms with Gasteiger partial charge in [-0.3, -0.25) is 4.79 Å². The molecule has 0 unspecified atom stereocenters. The first kappa shape index (κ1) is 16.7. The zero-order chi connectivity index (χ0) is 15.9. The van der Waals surface area contributed by atoms with Gasteiger partial charge in [-0.25, -0.2) is 0 Å². The van der Waals surface area contributed by atoms with Gasteiger partial charge in [0, 0.05) is 24.3 Å². The van der Waals surface area contributed by atoms with Crippen molar-refractivity contribution in [3.63, 3.8) is 0 Å². The molecule has 0 radical (unpaired) electrons. The van der Waals surface area contributed by atoms with Crippen molar-refractivity contribution in [2.45, 2.75) is 25.7 Å². The molecule has 0 aliphatic carbocycles. The summed E-state index contributed by atoms with van der Waals surface area (Å²) in [4.78, 5) is 14.3. The molecular weight excluding hydrogens is 321 g/mol. The summed E-state index contributed by atoms with van der Waals surface area (Å²) in [7, 11) is 0. The SMILES string of the molecule is N#C/C(=C/N1CCCCCC1)C(=O)Nc1cc(Cl)ccc1Cl. The number of carbonyl (C=O) groups is 1. The highest BCUT2D eigenvalue weighted by atomic mass is 35.5. The molecule has 1 aliphatic heterocycles. The molecule has 1 aliphatic rings. The Bertz CT molecular complexity index is 614. The number of rotatable bonds is 3. The van der Waals surface area contributed by atoms with E-state index in [1.54, 1.807) is 24.4 Å². The molecule has 4 nitrogen and oxygen atoms in total. The summed E-state index contributed by atoms with van der Waals surface area (Å²) in [6.45, 7) is 1.74. The number of halogens is 2. The van der Waals surface area contributed by atoms with E-state index in [0.29, 0.717) is 15.7 Å². The van der Waals surface area contributed by atoms with Crippen molar-refractivity contribution in [3.05, 3.63) is 40.0 Å². The molecule has 1 aromatic rings. The normalized spacial score (nSPS) is 15.9. The molecule has 0 saturated carbocycles. The zero-order valence-corrected chi connectivity index (χ0v) is 13.6. The topological polar surface area (TPSA) is 56.1 Å². The zero-order valence-electron chi connectivity index (χ0n) is 12.1. The highest BCUT2D eigenvalue weighted by Gasteiger charge is 2.14. The fourth-order valence-electron chi connectivity index (χ4n) is 2.33. The van der Waals surface area contributed by atoms with Crippen LogP contribution in [0, 0.1) is 11.3 Å². The summed E-state index contributed by atoms with van der Waals surface area (Å²) < 4.78 is 0. The Hall–Kier alpha value is -1.70. The number of nitrogens with zero attached hydrogens (tertiary/aromatic N) is 2. The maximum absolute atomic E-state index is 12.2. The maximum Gasteiger partial charge on any atom is 0.267 e. The summed E-state index contributed by atoms with van der Waals surface area (Å²) in [5, 5.41) is 12.7. The van der Waals surface area contributed by atoms with E-state index in [4.69, 9.17) is 23.2 Å². The Labute approximate surface area is 140 Å². The molecule has 0 aromatic heterocycles. The third-order valence-electron chi connectivity index (χ3n) is 3.49. The minimum absolute atomic E-state index is 0.0675. The number of hydrogen-bond acceptors (Lipinski definition) is 3. The molecule has 0 atom stereocenters. The van der Waals surface area contributed by atoms with E-state index in [2.05, 4.69) is 5.32 Å². The molecule has 116 valence electrons. The average Bonchev–Trinajstić information content (AvgIpc) is 2.77. The lowest BCUT2D eigenvalue weighted by Crippen LogP contribution is -2.22. The van der Waals surface area contributed by atoms with Gasteiger partial charge in [-0.15, -0.1) is 0 Å².